The Morgan fingerprint density at radius 3 is 2.92 bits per heavy atom. The first-order chi connectivity index (χ1) is 5.83. The summed E-state index contributed by atoms with van der Waals surface area (Å²) in [5.74, 6) is 1.65. The van der Waals surface area contributed by atoms with Crippen LogP contribution in [-0.2, 0) is 6.54 Å². The number of hydrogen-bond acceptors (Lipinski definition) is 3. The SMILES string of the molecule is CCn1c(C2CNC2)n[nH]c1=S. The average molecular weight is 184 g/mol. The van der Waals surface area contributed by atoms with E-state index in [1.807, 2.05) is 0 Å². The van der Waals surface area contributed by atoms with E-state index in [2.05, 4.69) is 27.0 Å². The molecule has 0 radical (unpaired) electrons. The van der Waals surface area contributed by atoms with Crippen LogP contribution in [-0.4, -0.2) is 27.9 Å². The Hall–Kier alpha value is -0.680. The van der Waals surface area contributed by atoms with Crippen molar-refractivity contribution in [1.82, 2.24) is 20.1 Å². The van der Waals surface area contributed by atoms with E-state index in [0.29, 0.717) is 5.92 Å². The monoisotopic (exact) mass is 184 g/mol. The highest BCUT2D eigenvalue weighted by Gasteiger charge is 2.23. The first-order valence-corrected chi connectivity index (χ1v) is 4.59. The van der Waals surface area contributed by atoms with Crippen LogP contribution < -0.4 is 5.32 Å². The van der Waals surface area contributed by atoms with E-state index in [9.17, 15) is 0 Å². The zero-order chi connectivity index (χ0) is 8.55. The van der Waals surface area contributed by atoms with Crippen molar-refractivity contribution in [3.05, 3.63) is 10.6 Å². The zero-order valence-corrected chi connectivity index (χ0v) is 7.82. The number of nitrogens with one attached hydrogen (secondary N) is 2. The first-order valence-electron chi connectivity index (χ1n) is 4.18. The molecule has 0 saturated carbocycles. The first kappa shape index (κ1) is 7.94. The van der Waals surface area contributed by atoms with Gasteiger partial charge in [-0.3, -0.25) is 5.10 Å². The molecule has 0 atom stereocenters. The summed E-state index contributed by atoms with van der Waals surface area (Å²) in [5.41, 5.74) is 0. The molecule has 2 rings (SSSR count). The lowest BCUT2D eigenvalue weighted by molar-refractivity contribution is 0.415. The molecule has 66 valence electrons. The van der Waals surface area contributed by atoms with Gasteiger partial charge in [0.25, 0.3) is 0 Å². The highest BCUT2D eigenvalue weighted by atomic mass is 32.1. The van der Waals surface area contributed by atoms with Gasteiger partial charge >= 0.3 is 0 Å². The lowest BCUT2D eigenvalue weighted by atomic mass is 10.0. The summed E-state index contributed by atoms with van der Waals surface area (Å²) in [6, 6.07) is 0. The zero-order valence-electron chi connectivity index (χ0n) is 7.00. The largest absolute Gasteiger partial charge is 0.315 e. The summed E-state index contributed by atoms with van der Waals surface area (Å²) in [5, 5.41) is 10.3. The molecular formula is C7H12N4S. The number of aromatic nitrogens is 3. The molecule has 1 saturated heterocycles. The summed E-state index contributed by atoms with van der Waals surface area (Å²) >= 11 is 5.09. The Morgan fingerprint density at radius 1 is 1.67 bits per heavy atom. The lowest BCUT2D eigenvalue weighted by Crippen LogP contribution is -2.41. The standard InChI is InChI=1S/C7H12N4S/c1-2-11-6(5-3-8-4-5)9-10-7(11)12/h5,8H,2-4H2,1H3,(H,10,12). The van der Waals surface area contributed by atoms with E-state index in [4.69, 9.17) is 12.2 Å². The van der Waals surface area contributed by atoms with E-state index in [0.717, 1.165) is 30.2 Å². The van der Waals surface area contributed by atoms with Crippen molar-refractivity contribution in [3.63, 3.8) is 0 Å². The van der Waals surface area contributed by atoms with Crippen LogP contribution in [0.2, 0.25) is 0 Å². The van der Waals surface area contributed by atoms with Crippen molar-refractivity contribution in [2.45, 2.75) is 19.4 Å². The second kappa shape index (κ2) is 2.99. The lowest BCUT2D eigenvalue weighted by Gasteiger charge is -2.26. The molecule has 2 heterocycles. The Bertz CT molecular complexity index is 322. The van der Waals surface area contributed by atoms with Crippen LogP contribution in [0.15, 0.2) is 0 Å². The highest BCUT2D eigenvalue weighted by molar-refractivity contribution is 7.71. The van der Waals surface area contributed by atoms with Gasteiger partial charge in [-0.05, 0) is 19.1 Å². The molecule has 1 aromatic heterocycles. The van der Waals surface area contributed by atoms with Gasteiger partial charge in [-0.15, -0.1) is 0 Å². The number of rotatable bonds is 2. The molecule has 12 heavy (non-hydrogen) atoms. The Balaban J connectivity index is 2.35. The van der Waals surface area contributed by atoms with Gasteiger partial charge in [0.05, 0.1) is 0 Å². The third-order valence-corrected chi connectivity index (χ3v) is 2.56. The summed E-state index contributed by atoms with van der Waals surface area (Å²) in [7, 11) is 0. The van der Waals surface area contributed by atoms with Crippen LogP contribution in [0.5, 0.6) is 0 Å². The van der Waals surface area contributed by atoms with Crippen molar-refractivity contribution in [1.29, 1.82) is 0 Å². The number of hydrogen-bond donors (Lipinski definition) is 2. The molecule has 0 bridgehead atoms. The molecule has 1 fully saturated rings. The van der Waals surface area contributed by atoms with Crippen LogP contribution in [0.25, 0.3) is 0 Å². The predicted octanol–water partition coefficient (Wildman–Crippen LogP) is 0.647. The van der Waals surface area contributed by atoms with Crippen molar-refractivity contribution < 1.29 is 0 Å². The maximum absolute atomic E-state index is 5.09. The maximum atomic E-state index is 5.09. The average Bonchev–Trinajstić information content (AvgIpc) is 2.29. The Labute approximate surface area is 76.0 Å². The molecular weight excluding hydrogens is 172 g/mol. The van der Waals surface area contributed by atoms with Crippen molar-refractivity contribution in [3.8, 4) is 0 Å². The molecule has 2 N–H and O–H groups in total. The molecule has 1 aromatic rings. The maximum Gasteiger partial charge on any atom is 0.195 e. The van der Waals surface area contributed by atoms with E-state index in [-0.39, 0.29) is 0 Å². The number of nitrogens with zero attached hydrogens (tertiary/aromatic N) is 2. The third kappa shape index (κ3) is 1.09. The van der Waals surface area contributed by atoms with Crippen molar-refractivity contribution in [2.24, 2.45) is 0 Å². The quantitative estimate of drug-likeness (QED) is 0.663. The molecule has 1 aliphatic rings. The minimum Gasteiger partial charge on any atom is -0.315 e. The Kier molecular flexibility index (Phi) is 1.98. The van der Waals surface area contributed by atoms with Crippen LogP contribution in [0, 0.1) is 4.77 Å². The summed E-state index contributed by atoms with van der Waals surface area (Å²) in [6.45, 7) is 5.04. The topological polar surface area (TPSA) is 45.6 Å². The van der Waals surface area contributed by atoms with Crippen LogP contribution in [0.4, 0.5) is 0 Å². The van der Waals surface area contributed by atoms with E-state index in [1.54, 1.807) is 0 Å². The van der Waals surface area contributed by atoms with Gasteiger partial charge in [-0.25, -0.2) is 0 Å². The van der Waals surface area contributed by atoms with Crippen molar-refractivity contribution >= 4 is 12.2 Å². The van der Waals surface area contributed by atoms with Gasteiger partial charge in [0.15, 0.2) is 4.77 Å². The minimum absolute atomic E-state index is 0.554. The van der Waals surface area contributed by atoms with E-state index < -0.39 is 0 Å². The van der Waals surface area contributed by atoms with Gasteiger partial charge in [0.1, 0.15) is 5.82 Å². The van der Waals surface area contributed by atoms with Gasteiger partial charge in [-0.1, -0.05) is 0 Å². The van der Waals surface area contributed by atoms with Gasteiger partial charge < -0.3 is 9.88 Å². The molecule has 5 heteroatoms. The fourth-order valence-corrected chi connectivity index (χ4v) is 1.69. The molecule has 0 amide bonds. The summed E-state index contributed by atoms with van der Waals surface area (Å²) in [4.78, 5) is 0. The van der Waals surface area contributed by atoms with Gasteiger partial charge in [-0.2, -0.15) is 5.10 Å². The van der Waals surface area contributed by atoms with Crippen LogP contribution in [0.3, 0.4) is 0 Å². The molecule has 4 nitrogen and oxygen atoms in total. The van der Waals surface area contributed by atoms with E-state index >= 15 is 0 Å². The third-order valence-electron chi connectivity index (χ3n) is 2.25. The van der Waals surface area contributed by atoms with Crippen LogP contribution >= 0.6 is 12.2 Å². The number of H-pyrrole nitrogens is 1. The molecule has 1 aliphatic heterocycles. The second-order valence-corrected chi connectivity index (χ2v) is 3.37. The molecule has 0 unspecified atom stereocenters. The second-order valence-electron chi connectivity index (χ2n) is 2.99. The van der Waals surface area contributed by atoms with Crippen LogP contribution in [0.1, 0.15) is 18.7 Å². The molecule has 0 spiro atoms. The highest BCUT2D eigenvalue weighted by Crippen LogP contribution is 2.17. The predicted molar refractivity (Wildman–Crippen MR) is 48.7 cm³/mol. The Morgan fingerprint density at radius 2 is 2.42 bits per heavy atom. The fraction of sp³-hybridized carbons (Fsp3) is 0.714. The fourth-order valence-electron chi connectivity index (χ4n) is 1.42. The van der Waals surface area contributed by atoms with E-state index in [1.165, 1.54) is 0 Å². The molecule has 0 aliphatic carbocycles. The smallest absolute Gasteiger partial charge is 0.195 e. The van der Waals surface area contributed by atoms with Gasteiger partial charge in [0.2, 0.25) is 0 Å². The van der Waals surface area contributed by atoms with Crippen molar-refractivity contribution in [2.75, 3.05) is 13.1 Å². The minimum atomic E-state index is 0.554. The summed E-state index contributed by atoms with van der Waals surface area (Å²) < 4.78 is 2.79. The summed E-state index contributed by atoms with van der Waals surface area (Å²) in [6.07, 6.45) is 0. The number of aromatic amines is 1. The normalized spacial score (nSPS) is 17.8. The molecule has 0 aromatic carbocycles. The van der Waals surface area contributed by atoms with Gasteiger partial charge in [0, 0.05) is 25.6 Å².